The monoisotopic (exact) mass is 366 g/mol. The molecule has 0 bridgehead atoms. The third-order valence-electron chi connectivity index (χ3n) is 4.32. The number of hydrogen-bond donors (Lipinski definition) is 4. The summed E-state index contributed by atoms with van der Waals surface area (Å²) in [6, 6.07) is 0. The summed E-state index contributed by atoms with van der Waals surface area (Å²) in [6.45, 7) is 0. The number of hydrogen-bond acceptors (Lipinski definition) is 4. The van der Waals surface area contributed by atoms with Crippen molar-refractivity contribution in [3.05, 3.63) is 24.3 Å². The Morgan fingerprint density at radius 2 is 1.15 bits per heavy atom. The molecule has 6 nitrogen and oxygen atoms in total. The largest absolute Gasteiger partial charge is 0.294 e. The van der Waals surface area contributed by atoms with Crippen LogP contribution in [-0.2, 0) is 9.59 Å². The molecule has 0 aromatic heterocycles. The Hall–Kier alpha value is -1.66. The van der Waals surface area contributed by atoms with Gasteiger partial charge in [-0.25, -0.2) is 11.7 Å². The Morgan fingerprint density at radius 1 is 0.654 bits per heavy atom. The lowest BCUT2D eigenvalue weighted by Gasteiger charge is -2.03. The van der Waals surface area contributed by atoms with Gasteiger partial charge in [0.25, 0.3) is 5.91 Å². The Bertz CT molecular complexity index is 409. The van der Waals surface area contributed by atoms with Gasteiger partial charge in [0.05, 0.1) is 0 Å². The van der Waals surface area contributed by atoms with Crippen molar-refractivity contribution in [2.45, 2.75) is 89.9 Å². The summed E-state index contributed by atoms with van der Waals surface area (Å²) in [7, 11) is 0. The average molecular weight is 367 g/mol. The van der Waals surface area contributed by atoms with Gasteiger partial charge >= 0.3 is 0 Å². The second kappa shape index (κ2) is 19.7. The summed E-state index contributed by atoms with van der Waals surface area (Å²) >= 11 is 0. The second-order valence-electron chi connectivity index (χ2n) is 6.64. The molecule has 0 saturated heterocycles. The van der Waals surface area contributed by atoms with Crippen LogP contribution in [0.3, 0.4) is 0 Å². The summed E-state index contributed by atoms with van der Waals surface area (Å²) in [6.07, 6.45) is 23.7. The number of hydrazine groups is 2. The van der Waals surface area contributed by atoms with Gasteiger partial charge in [-0.1, -0.05) is 82.4 Å². The van der Waals surface area contributed by atoms with E-state index in [0.717, 1.165) is 19.3 Å². The lowest BCUT2D eigenvalue weighted by molar-refractivity contribution is -0.121. The molecule has 0 aliphatic heterocycles. The first kappa shape index (κ1) is 24.3. The van der Waals surface area contributed by atoms with Crippen LogP contribution >= 0.6 is 0 Å². The zero-order valence-corrected chi connectivity index (χ0v) is 16.2. The van der Waals surface area contributed by atoms with Crippen molar-refractivity contribution >= 4 is 11.8 Å². The fourth-order valence-electron chi connectivity index (χ4n) is 2.75. The molecule has 0 aromatic rings. The van der Waals surface area contributed by atoms with Crippen LogP contribution in [0.2, 0.25) is 0 Å². The van der Waals surface area contributed by atoms with E-state index in [1.165, 1.54) is 70.3 Å². The predicted molar refractivity (Wildman–Crippen MR) is 108 cm³/mol. The van der Waals surface area contributed by atoms with Gasteiger partial charge in [0.15, 0.2) is 0 Å². The number of nitrogens with two attached hydrogens (primary N) is 2. The number of carbonyl (C=O) groups excluding carboxylic acids is 2. The molecule has 150 valence electrons. The smallest absolute Gasteiger partial charge is 0.257 e. The first-order valence-electron chi connectivity index (χ1n) is 10.0. The zero-order chi connectivity index (χ0) is 19.3. The SMILES string of the molecule is NNC(=O)C=CC=CCCCCCCCCCCCCCCC(=O)NN. The van der Waals surface area contributed by atoms with Gasteiger partial charge in [0, 0.05) is 12.5 Å². The summed E-state index contributed by atoms with van der Waals surface area (Å²) in [5.74, 6) is 9.66. The summed E-state index contributed by atoms with van der Waals surface area (Å²) in [4.78, 5) is 21.8. The Kier molecular flexibility index (Phi) is 18.4. The maximum absolute atomic E-state index is 10.9. The third-order valence-corrected chi connectivity index (χ3v) is 4.32. The molecule has 6 N–H and O–H groups in total. The number of amides is 2. The minimum atomic E-state index is -0.286. The normalized spacial score (nSPS) is 11.3. The lowest BCUT2D eigenvalue weighted by atomic mass is 10.0. The highest BCUT2D eigenvalue weighted by molar-refractivity contribution is 5.87. The third kappa shape index (κ3) is 18.7. The molecular formula is C20H38N4O2. The maximum Gasteiger partial charge on any atom is 0.257 e. The minimum absolute atomic E-state index is 0.0607. The van der Waals surface area contributed by atoms with Crippen molar-refractivity contribution < 1.29 is 9.59 Å². The van der Waals surface area contributed by atoms with Crippen LogP contribution in [0.25, 0.3) is 0 Å². The van der Waals surface area contributed by atoms with Gasteiger partial charge in [-0.15, -0.1) is 0 Å². The highest BCUT2D eigenvalue weighted by Gasteiger charge is 1.97. The molecule has 0 rings (SSSR count). The van der Waals surface area contributed by atoms with Crippen molar-refractivity contribution in [2.75, 3.05) is 0 Å². The van der Waals surface area contributed by atoms with Crippen molar-refractivity contribution in [3.63, 3.8) is 0 Å². The molecule has 2 amide bonds. The van der Waals surface area contributed by atoms with Gasteiger partial charge in [0.1, 0.15) is 0 Å². The van der Waals surface area contributed by atoms with Crippen LogP contribution in [-0.4, -0.2) is 11.8 Å². The van der Waals surface area contributed by atoms with E-state index in [1.807, 2.05) is 11.5 Å². The second-order valence-corrected chi connectivity index (χ2v) is 6.64. The van der Waals surface area contributed by atoms with Gasteiger partial charge in [-0.2, -0.15) is 0 Å². The van der Waals surface area contributed by atoms with E-state index in [0.29, 0.717) is 6.42 Å². The first-order chi connectivity index (χ1) is 12.7. The molecule has 0 aliphatic rings. The lowest BCUT2D eigenvalue weighted by Crippen LogP contribution is -2.29. The molecule has 0 aliphatic carbocycles. The molecule has 0 aromatic carbocycles. The number of unbranched alkanes of at least 4 members (excludes halogenated alkanes) is 12. The molecule has 0 atom stereocenters. The van der Waals surface area contributed by atoms with Crippen molar-refractivity contribution in [1.82, 2.24) is 10.9 Å². The van der Waals surface area contributed by atoms with Crippen LogP contribution in [0, 0.1) is 0 Å². The molecule has 26 heavy (non-hydrogen) atoms. The molecule has 0 saturated carbocycles. The van der Waals surface area contributed by atoms with E-state index >= 15 is 0 Å². The number of carbonyl (C=O) groups is 2. The molecular weight excluding hydrogens is 328 g/mol. The highest BCUT2D eigenvalue weighted by atomic mass is 16.2. The maximum atomic E-state index is 10.9. The minimum Gasteiger partial charge on any atom is -0.294 e. The van der Waals surface area contributed by atoms with Crippen molar-refractivity contribution in [3.8, 4) is 0 Å². The van der Waals surface area contributed by atoms with Gasteiger partial charge in [0.2, 0.25) is 5.91 Å². The Balaban J connectivity index is 3.18. The Morgan fingerprint density at radius 3 is 1.65 bits per heavy atom. The summed E-state index contributed by atoms with van der Waals surface area (Å²) in [5, 5.41) is 0. The fraction of sp³-hybridized carbons (Fsp3) is 0.700. The summed E-state index contributed by atoms with van der Waals surface area (Å²) < 4.78 is 0. The van der Waals surface area contributed by atoms with E-state index in [1.54, 1.807) is 6.08 Å². The average Bonchev–Trinajstić information content (AvgIpc) is 2.66. The number of nitrogens with one attached hydrogen (secondary N) is 2. The van der Waals surface area contributed by atoms with E-state index in [9.17, 15) is 9.59 Å². The first-order valence-corrected chi connectivity index (χ1v) is 10.0. The van der Waals surface area contributed by atoms with Gasteiger partial charge < -0.3 is 0 Å². The topological polar surface area (TPSA) is 110 Å². The van der Waals surface area contributed by atoms with Crippen LogP contribution in [0.15, 0.2) is 24.3 Å². The molecule has 6 heteroatoms. The molecule has 0 spiro atoms. The number of rotatable bonds is 17. The molecule has 0 heterocycles. The van der Waals surface area contributed by atoms with Crippen LogP contribution in [0.5, 0.6) is 0 Å². The quantitative estimate of drug-likeness (QED) is 0.0788. The van der Waals surface area contributed by atoms with Crippen LogP contribution in [0.1, 0.15) is 89.9 Å². The molecule has 0 fully saturated rings. The van der Waals surface area contributed by atoms with E-state index in [4.69, 9.17) is 11.7 Å². The molecule has 0 unspecified atom stereocenters. The van der Waals surface area contributed by atoms with Gasteiger partial charge in [-0.3, -0.25) is 20.4 Å². The van der Waals surface area contributed by atoms with Crippen molar-refractivity contribution in [1.29, 1.82) is 0 Å². The highest BCUT2D eigenvalue weighted by Crippen LogP contribution is 2.13. The van der Waals surface area contributed by atoms with Crippen LogP contribution < -0.4 is 22.5 Å². The standard InChI is InChI=1S/C20H38N4O2/c21-23-19(25)17-15-13-11-9-7-5-3-1-2-4-6-8-10-12-14-16-18-20(26)24-22/h11,13,15,17H,1-10,12,14,16,18,21-22H2,(H,23,25)(H,24,26). The van der Waals surface area contributed by atoms with E-state index in [-0.39, 0.29) is 11.8 Å². The fourth-order valence-corrected chi connectivity index (χ4v) is 2.75. The van der Waals surface area contributed by atoms with Crippen LogP contribution in [0.4, 0.5) is 0 Å². The predicted octanol–water partition coefficient (Wildman–Crippen LogP) is 3.54. The Labute approximate surface area is 158 Å². The van der Waals surface area contributed by atoms with E-state index in [2.05, 4.69) is 11.5 Å². The zero-order valence-electron chi connectivity index (χ0n) is 16.2. The summed E-state index contributed by atoms with van der Waals surface area (Å²) in [5.41, 5.74) is 4.21. The van der Waals surface area contributed by atoms with Gasteiger partial charge in [-0.05, 0) is 19.3 Å². The molecule has 0 radical (unpaired) electrons. The number of allylic oxidation sites excluding steroid dienone is 3. The van der Waals surface area contributed by atoms with Crippen molar-refractivity contribution in [2.24, 2.45) is 11.7 Å². The van der Waals surface area contributed by atoms with E-state index < -0.39 is 0 Å².